The second-order valence-corrected chi connectivity index (χ2v) is 6.31. The lowest BCUT2D eigenvalue weighted by molar-refractivity contribution is 0.181. The summed E-state index contributed by atoms with van der Waals surface area (Å²) in [6.45, 7) is 4.01. The SMILES string of the molecule is CN=C(NCCOc1cccc(Br)c1)N(C)CC1CCOC1. The summed E-state index contributed by atoms with van der Waals surface area (Å²) >= 11 is 3.43. The van der Waals surface area contributed by atoms with Crippen LogP contribution in [-0.2, 0) is 4.74 Å². The molecule has 1 heterocycles. The van der Waals surface area contributed by atoms with E-state index in [-0.39, 0.29) is 0 Å². The van der Waals surface area contributed by atoms with E-state index in [2.05, 4.69) is 38.2 Å². The molecule has 0 amide bonds. The number of guanidine groups is 1. The summed E-state index contributed by atoms with van der Waals surface area (Å²) in [4.78, 5) is 6.47. The maximum Gasteiger partial charge on any atom is 0.193 e. The lowest BCUT2D eigenvalue weighted by atomic mass is 10.1. The third kappa shape index (κ3) is 5.50. The van der Waals surface area contributed by atoms with Crippen LogP contribution in [0.3, 0.4) is 0 Å². The number of hydrogen-bond acceptors (Lipinski definition) is 3. The van der Waals surface area contributed by atoms with Crippen LogP contribution in [0.5, 0.6) is 5.75 Å². The van der Waals surface area contributed by atoms with Crippen molar-refractivity contribution in [1.29, 1.82) is 0 Å². The summed E-state index contributed by atoms with van der Waals surface area (Å²) in [5.41, 5.74) is 0. The summed E-state index contributed by atoms with van der Waals surface area (Å²) in [5, 5.41) is 3.33. The Hall–Kier alpha value is -1.27. The normalized spacial score (nSPS) is 18.3. The molecule has 0 saturated carbocycles. The molecule has 6 heteroatoms. The van der Waals surface area contributed by atoms with Crippen LogP contribution in [0.1, 0.15) is 6.42 Å². The summed E-state index contributed by atoms with van der Waals surface area (Å²) in [6.07, 6.45) is 1.13. The maximum atomic E-state index is 5.71. The summed E-state index contributed by atoms with van der Waals surface area (Å²) in [6, 6.07) is 7.85. The first kappa shape index (κ1) is 17.1. The van der Waals surface area contributed by atoms with Gasteiger partial charge in [0.05, 0.1) is 13.2 Å². The van der Waals surface area contributed by atoms with Gasteiger partial charge in [0.1, 0.15) is 12.4 Å². The van der Waals surface area contributed by atoms with E-state index in [0.29, 0.717) is 19.1 Å². The lowest BCUT2D eigenvalue weighted by Crippen LogP contribution is -2.42. The Bertz CT molecular complexity index is 490. The van der Waals surface area contributed by atoms with Gasteiger partial charge in [-0.2, -0.15) is 0 Å². The van der Waals surface area contributed by atoms with Crippen molar-refractivity contribution in [3.05, 3.63) is 28.7 Å². The van der Waals surface area contributed by atoms with E-state index in [1.54, 1.807) is 7.05 Å². The van der Waals surface area contributed by atoms with Crippen LogP contribution in [0.4, 0.5) is 0 Å². The molecule has 1 atom stereocenters. The molecule has 1 aliphatic rings. The molecule has 0 aromatic heterocycles. The molecule has 0 radical (unpaired) electrons. The van der Waals surface area contributed by atoms with Crippen LogP contribution in [0, 0.1) is 5.92 Å². The van der Waals surface area contributed by atoms with Gasteiger partial charge in [-0.3, -0.25) is 4.99 Å². The van der Waals surface area contributed by atoms with Crippen LogP contribution < -0.4 is 10.1 Å². The Kier molecular flexibility index (Phi) is 6.99. The smallest absolute Gasteiger partial charge is 0.193 e. The lowest BCUT2D eigenvalue weighted by Gasteiger charge is -2.24. The molecule has 1 aromatic rings. The largest absolute Gasteiger partial charge is 0.492 e. The minimum atomic E-state index is 0.593. The number of nitrogens with one attached hydrogen (secondary N) is 1. The quantitative estimate of drug-likeness (QED) is 0.475. The standard InChI is InChI=1S/C16H24BrN3O2/c1-18-16(20(2)11-13-6-8-21-12-13)19-7-9-22-15-5-3-4-14(17)10-15/h3-5,10,13H,6-9,11-12H2,1-2H3,(H,18,19). The second kappa shape index (κ2) is 9.00. The van der Waals surface area contributed by atoms with Gasteiger partial charge in [0.25, 0.3) is 0 Å². The Morgan fingerprint density at radius 3 is 3.09 bits per heavy atom. The van der Waals surface area contributed by atoms with Crippen molar-refractivity contribution in [2.75, 3.05) is 47.0 Å². The van der Waals surface area contributed by atoms with E-state index in [9.17, 15) is 0 Å². The fourth-order valence-corrected chi connectivity index (χ4v) is 2.85. The van der Waals surface area contributed by atoms with E-state index in [0.717, 1.165) is 42.4 Å². The van der Waals surface area contributed by atoms with Crippen molar-refractivity contribution < 1.29 is 9.47 Å². The molecule has 0 aliphatic carbocycles. The summed E-state index contributed by atoms with van der Waals surface area (Å²) < 4.78 is 12.1. The highest BCUT2D eigenvalue weighted by atomic mass is 79.9. The van der Waals surface area contributed by atoms with Gasteiger partial charge in [0.2, 0.25) is 0 Å². The Morgan fingerprint density at radius 1 is 1.55 bits per heavy atom. The van der Waals surface area contributed by atoms with E-state index in [1.807, 2.05) is 24.3 Å². The molecule has 0 spiro atoms. The number of halogens is 1. The first-order valence-corrected chi connectivity index (χ1v) is 8.36. The van der Waals surface area contributed by atoms with Crippen molar-refractivity contribution in [2.45, 2.75) is 6.42 Å². The zero-order valence-electron chi connectivity index (χ0n) is 13.2. The average Bonchev–Trinajstić information content (AvgIpc) is 3.00. The fraction of sp³-hybridized carbons (Fsp3) is 0.562. The first-order valence-electron chi connectivity index (χ1n) is 7.57. The highest BCUT2D eigenvalue weighted by Gasteiger charge is 2.18. The number of benzene rings is 1. The van der Waals surface area contributed by atoms with Gasteiger partial charge in [-0.05, 0) is 24.6 Å². The summed E-state index contributed by atoms with van der Waals surface area (Å²) in [5.74, 6) is 2.36. The van der Waals surface area contributed by atoms with Crippen molar-refractivity contribution >= 4 is 21.9 Å². The number of nitrogens with zero attached hydrogens (tertiary/aromatic N) is 2. The van der Waals surface area contributed by atoms with Gasteiger partial charge in [0, 0.05) is 37.6 Å². The van der Waals surface area contributed by atoms with Gasteiger partial charge < -0.3 is 19.7 Å². The zero-order valence-corrected chi connectivity index (χ0v) is 14.8. The molecular weight excluding hydrogens is 346 g/mol. The first-order chi connectivity index (χ1) is 10.7. The molecule has 0 bridgehead atoms. The highest BCUT2D eigenvalue weighted by Crippen LogP contribution is 2.17. The fourth-order valence-electron chi connectivity index (χ4n) is 2.47. The van der Waals surface area contributed by atoms with Crippen molar-refractivity contribution in [3.63, 3.8) is 0 Å². The third-order valence-corrected chi connectivity index (χ3v) is 4.07. The molecule has 1 unspecified atom stereocenters. The van der Waals surface area contributed by atoms with Gasteiger partial charge in [-0.25, -0.2) is 0 Å². The molecule has 2 rings (SSSR count). The molecule has 1 aliphatic heterocycles. The van der Waals surface area contributed by atoms with Crippen LogP contribution in [0.15, 0.2) is 33.7 Å². The molecule has 5 nitrogen and oxygen atoms in total. The van der Waals surface area contributed by atoms with Crippen LogP contribution in [0.25, 0.3) is 0 Å². The minimum Gasteiger partial charge on any atom is -0.492 e. The average molecular weight is 370 g/mol. The Balaban J connectivity index is 1.69. The Morgan fingerprint density at radius 2 is 2.41 bits per heavy atom. The van der Waals surface area contributed by atoms with Crippen molar-refractivity contribution in [1.82, 2.24) is 10.2 Å². The molecule has 1 N–H and O–H groups in total. The summed E-state index contributed by atoms with van der Waals surface area (Å²) in [7, 11) is 3.86. The highest BCUT2D eigenvalue weighted by molar-refractivity contribution is 9.10. The number of aliphatic imine (C=N–C) groups is 1. The molecule has 1 aromatic carbocycles. The monoisotopic (exact) mass is 369 g/mol. The second-order valence-electron chi connectivity index (χ2n) is 5.39. The molecule has 1 fully saturated rings. The number of ether oxygens (including phenoxy) is 2. The predicted molar refractivity (Wildman–Crippen MR) is 92.6 cm³/mol. The van der Waals surface area contributed by atoms with Gasteiger partial charge >= 0.3 is 0 Å². The van der Waals surface area contributed by atoms with Crippen LogP contribution in [0.2, 0.25) is 0 Å². The molecule has 122 valence electrons. The molecule has 22 heavy (non-hydrogen) atoms. The Labute approximate surface area is 140 Å². The van der Waals surface area contributed by atoms with E-state index in [1.165, 1.54) is 0 Å². The predicted octanol–water partition coefficient (Wildman–Crippen LogP) is 2.37. The van der Waals surface area contributed by atoms with E-state index >= 15 is 0 Å². The van der Waals surface area contributed by atoms with Crippen LogP contribution in [-0.4, -0.2) is 57.9 Å². The number of hydrogen-bond donors (Lipinski definition) is 1. The minimum absolute atomic E-state index is 0.593. The molecule has 1 saturated heterocycles. The third-order valence-electron chi connectivity index (χ3n) is 3.58. The van der Waals surface area contributed by atoms with Gasteiger partial charge in [0.15, 0.2) is 5.96 Å². The zero-order chi connectivity index (χ0) is 15.8. The van der Waals surface area contributed by atoms with Crippen molar-refractivity contribution in [3.8, 4) is 5.75 Å². The number of rotatable bonds is 6. The van der Waals surface area contributed by atoms with Gasteiger partial charge in [-0.15, -0.1) is 0 Å². The van der Waals surface area contributed by atoms with Crippen LogP contribution >= 0.6 is 15.9 Å². The van der Waals surface area contributed by atoms with Crippen molar-refractivity contribution in [2.24, 2.45) is 10.9 Å². The van der Waals surface area contributed by atoms with E-state index in [4.69, 9.17) is 9.47 Å². The van der Waals surface area contributed by atoms with E-state index < -0.39 is 0 Å². The maximum absolute atomic E-state index is 5.71. The topological polar surface area (TPSA) is 46.1 Å². The molecular formula is C16H24BrN3O2. The van der Waals surface area contributed by atoms with Gasteiger partial charge in [-0.1, -0.05) is 22.0 Å².